The molecule has 168 valence electrons. The summed E-state index contributed by atoms with van der Waals surface area (Å²) in [6.45, 7) is 4.25. The van der Waals surface area contributed by atoms with E-state index < -0.39 is 0 Å². The van der Waals surface area contributed by atoms with Crippen molar-refractivity contribution in [3.05, 3.63) is 71.4 Å². The number of aliphatic imine (C=N–C) groups is 1. The van der Waals surface area contributed by atoms with Crippen molar-refractivity contribution in [2.45, 2.75) is 31.8 Å². The molecular formula is C26H28N6O. The van der Waals surface area contributed by atoms with Gasteiger partial charge in [-0.2, -0.15) is 0 Å². The van der Waals surface area contributed by atoms with Crippen LogP contribution in [0.4, 0.5) is 11.6 Å². The summed E-state index contributed by atoms with van der Waals surface area (Å²) in [4.78, 5) is 28.7. The van der Waals surface area contributed by atoms with Gasteiger partial charge in [0.25, 0.3) is 5.91 Å². The third kappa shape index (κ3) is 4.36. The van der Waals surface area contributed by atoms with Gasteiger partial charge >= 0.3 is 0 Å². The molecule has 1 unspecified atom stereocenters. The predicted molar refractivity (Wildman–Crippen MR) is 131 cm³/mol. The summed E-state index contributed by atoms with van der Waals surface area (Å²) in [5.74, 6) is 0.589. The number of amides is 1. The number of hydrogen-bond acceptors (Lipinski definition) is 6. The van der Waals surface area contributed by atoms with Gasteiger partial charge in [-0.15, -0.1) is 0 Å². The molecule has 0 spiro atoms. The van der Waals surface area contributed by atoms with E-state index >= 15 is 0 Å². The van der Waals surface area contributed by atoms with Gasteiger partial charge in [0.15, 0.2) is 0 Å². The maximum Gasteiger partial charge on any atom is 0.253 e. The highest BCUT2D eigenvalue weighted by Gasteiger charge is 2.32. The highest BCUT2D eigenvalue weighted by Crippen LogP contribution is 2.29. The Hall–Kier alpha value is -3.58. The van der Waals surface area contributed by atoms with Crippen molar-refractivity contribution in [3.63, 3.8) is 0 Å². The first kappa shape index (κ1) is 21.3. The summed E-state index contributed by atoms with van der Waals surface area (Å²) in [6.07, 6.45) is 5.80. The monoisotopic (exact) mass is 440 g/mol. The minimum atomic E-state index is -0.0261. The van der Waals surface area contributed by atoms with Gasteiger partial charge in [0.2, 0.25) is 5.95 Å². The number of likely N-dealkylation sites (N-methyl/N-ethyl adjacent to an activating group) is 1. The second-order valence-corrected chi connectivity index (χ2v) is 8.97. The summed E-state index contributed by atoms with van der Waals surface area (Å²) in [5.41, 5.74) is 5.49. The Kier molecular flexibility index (Phi) is 5.64. The Bertz CT molecular complexity index is 1210. The quantitative estimate of drug-likeness (QED) is 0.640. The Morgan fingerprint density at radius 1 is 1.12 bits per heavy atom. The van der Waals surface area contributed by atoms with E-state index in [4.69, 9.17) is 4.98 Å². The fourth-order valence-corrected chi connectivity index (χ4v) is 4.51. The molecule has 2 aromatic carbocycles. The third-order valence-corrected chi connectivity index (χ3v) is 6.55. The molecule has 1 amide bonds. The van der Waals surface area contributed by atoms with E-state index in [9.17, 15) is 4.79 Å². The second kappa shape index (κ2) is 8.75. The molecule has 1 atom stereocenters. The third-order valence-electron chi connectivity index (χ3n) is 6.55. The molecule has 2 N–H and O–H groups in total. The number of likely N-dealkylation sites (tertiary alicyclic amines) is 1. The standard InChI is InChI=1S/C26H28N6O/c1-26(27-2)12-5-13-32(17-26)24(33)18-8-10-21(11-9-18)30-25-29-16-20-15-28-14-19-6-3-4-7-22(19)23(20)31-25/h3-4,6-11,14,16,27H,5,12-13,15,17H2,1-2H3,(H,29,30,31). The zero-order valence-electron chi connectivity index (χ0n) is 19.0. The highest BCUT2D eigenvalue weighted by atomic mass is 16.2. The number of aromatic nitrogens is 2. The summed E-state index contributed by atoms with van der Waals surface area (Å²) in [5, 5.41) is 6.63. The Balaban J connectivity index is 1.33. The van der Waals surface area contributed by atoms with Crippen LogP contribution in [-0.2, 0) is 6.54 Å². The van der Waals surface area contributed by atoms with Crippen LogP contribution in [0, 0.1) is 0 Å². The zero-order valence-corrected chi connectivity index (χ0v) is 19.0. The van der Waals surface area contributed by atoms with E-state index in [1.165, 1.54) is 0 Å². The number of nitrogens with one attached hydrogen (secondary N) is 2. The minimum absolute atomic E-state index is 0.0261. The topological polar surface area (TPSA) is 82.5 Å². The lowest BCUT2D eigenvalue weighted by Gasteiger charge is -2.40. The number of carbonyl (C=O) groups excluding carboxylic acids is 1. The lowest BCUT2D eigenvalue weighted by atomic mass is 9.91. The molecule has 7 heteroatoms. The molecule has 33 heavy (non-hydrogen) atoms. The van der Waals surface area contributed by atoms with Crippen LogP contribution in [0.15, 0.2) is 59.7 Å². The SMILES string of the molecule is CNC1(C)CCCN(C(=O)c2ccc(Nc3ncc4c(n3)-c3ccccc3C=NC4)cc2)C1. The number of fused-ring (bicyclic) bond motifs is 3. The maximum absolute atomic E-state index is 13.0. The maximum atomic E-state index is 13.0. The molecule has 5 rings (SSSR count). The molecule has 3 heterocycles. The average Bonchev–Trinajstić information content (AvgIpc) is 3.03. The highest BCUT2D eigenvalue weighted by molar-refractivity contribution is 5.95. The lowest BCUT2D eigenvalue weighted by Crippen LogP contribution is -2.55. The Labute approximate surface area is 194 Å². The van der Waals surface area contributed by atoms with Crippen LogP contribution in [0.5, 0.6) is 0 Å². The van der Waals surface area contributed by atoms with Crippen molar-refractivity contribution in [2.75, 3.05) is 25.5 Å². The zero-order chi connectivity index (χ0) is 22.8. The predicted octanol–water partition coefficient (Wildman–Crippen LogP) is 4.03. The number of carbonyl (C=O) groups is 1. The van der Waals surface area contributed by atoms with Crippen molar-refractivity contribution < 1.29 is 4.79 Å². The molecule has 1 aromatic heterocycles. The normalized spacial score (nSPS) is 19.4. The molecule has 1 saturated heterocycles. The van der Waals surface area contributed by atoms with Crippen molar-refractivity contribution >= 4 is 23.8 Å². The van der Waals surface area contributed by atoms with E-state index in [2.05, 4.69) is 33.6 Å². The summed E-state index contributed by atoms with van der Waals surface area (Å²) < 4.78 is 0. The summed E-state index contributed by atoms with van der Waals surface area (Å²) in [7, 11) is 1.96. The number of anilines is 2. The van der Waals surface area contributed by atoms with Gasteiger partial charge in [0.05, 0.1) is 12.2 Å². The van der Waals surface area contributed by atoms with Crippen LogP contribution in [0.3, 0.4) is 0 Å². The molecular weight excluding hydrogens is 412 g/mol. The van der Waals surface area contributed by atoms with Crippen LogP contribution >= 0.6 is 0 Å². The van der Waals surface area contributed by atoms with Crippen molar-refractivity contribution in [3.8, 4) is 11.3 Å². The summed E-state index contributed by atoms with van der Waals surface area (Å²) in [6, 6.07) is 15.6. The van der Waals surface area contributed by atoms with Gasteiger partial charge in [-0.25, -0.2) is 9.97 Å². The summed E-state index contributed by atoms with van der Waals surface area (Å²) >= 11 is 0. The average molecular weight is 441 g/mol. The van der Waals surface area contributed by atoms with Gasteiger partial charge in [-0.05, 0) is 51.1 Å². The minimum Gasteiger partial charge on any atom is -0.337 e. The molecule has 0 bridgehead atoms. The van der Waals surface area contributed by atoms with Crippen molar-refractivity contribution in [1.82, 2.24) is 20.2 Å². The molecule has 7 nitrogen and oxygen atoms in total. The molecule has 1 fully saturated rings. The van der Waals surface area contributed by atoms with Crippen LogP contribution < -0.4 is 10.6 Å². The van der Waals surface area contributed by atoms with Crippen LogP contribution in [0.25, 0.3) is 11.3 Å². The van der Waals surface area contributed by atoms with Crippen LogP contribution in [0.1, 0.15) is 41.3 Å². The van der Waals surface area contributed by atoms with E-state index in [0.717, 1.165) is 54.0 Å². The fraction of sp³-hybridized carbons (Fsp3) is 0.308. The second-order valence-electron chi connectivity index (χ2n) is 8.97. The molecule has 0 aliphatic carbocycles. The smallest absolute Gasteiger partial charge is 0.253 e. The molecule has 0 radical (unpaired) electrons. The van der Waals surface area contributed by atoms with Crippen LogP contribution in [0.2, 0.25) is 0 Å². The van der Waals surface area contributed by atoms with Crippen LogP contribution in [-0.4, -0.2) is 52.7 Å². The molecule has 2 aliphatic rings. The van der Waals surface area contributed by atoms with Gasteiger partial charge in [0.1, 0.15) is 0 Å². The largest absolute Gasteiger partial charge is 0.337 e. The van der Waals surface area contributed by atoms with E-state index in [1.807, 2.05) is 66.8 Å². The molecule has 2 aliphatic heterocycles. The van der Waals surface area contributed by atoms with Gasteiger partial charge in [0, 0.05) is 59.0 Å². The van der Waals surface area contributed by atoms with Crippen molar-refractivity contribution in [1.29, 1.82) is 0 Å². The number of benzene rings is 2. The van der Waals surface area contributed by atoms with E-state index in [0.29, 0.717) is 18.1 Å². The fourth-order valence-electron chi connectivity index (χ4n) is 4.51. The van der Waals surface area contributed by atoms with E-state index in [1.54, 1.807) is 0 Å². The number of rotatable bonds is 4. The number of piperidine rings is 1. The van der Waals surface area contributed by atoms with Gasteiger partial charge < -0.3 is 15.5 Å². The van der Waals surface area contributed by atoms with E-state index in [-0.39, 0.29) is 11.4 Å². The lowest BCUT2D eigenvalue weighted by molar-refractivity contribution is 0.0629. The number of nitrogens with zero attached hydrogens (tertiary/aromatic N) is 4. The first-order valence-corrected chi connectivity index (χ1v) is 11.4. The first-order valence-electron chi connectivity index (χ1n) is 11.4. The van der Waals surface area contributed by atoms with Gasteiger partial charge in [-0.3, -0.25) is 9.79 Å². The number of hydrogen-bond donors (Lipinski definition) is 2. The first-order chi connectivity index (χ1) is 16.0. The Morgan fingerprint density at radius 3 is 2.76 bits per heavy atom. The Morgan fingerprint density at radius 2 is 1.94 bits per heavy atom. The molecule has 0 saturated carbocycles. The molecule has 3 aromatic rings. The van der Waals surface area contributed by atoms with Crippen molar-refractivity contribution in [2.24, 2.45) is 4.99 Å². The van der Waals surface area contributed by atoms with Gasteiger partial charge in [-0.1, -0.05) is 24.3 Å².